The highest BCUT2D eigenvalue weighted by atomic mass is 32.2. The summed E-state index contributed by atoms with van der Waals surface area (Å²) in [6, 6.07) is 7.85. The number of aromatic nitrogens is 4. The number of nitrogens with zero attached hydrogens (tertiary/aromatic N) is 5. The van der Waals surface area contributed by atoms with E-state index in [1.807, 2.05) is 49.9 Å². The molecule has 3 aromatic rings. The van der Waals surface area contributed by atoms with Crippen molar-refractivity contribution >= 4 is 34.2 Å². The van der Waals surface area contributed by atoms with Crippen LogP contribution in [0.2, 0.25) is 0 Å². The first-order valence-electron chi connectivity index (χ1n) is 7.66. The molecule has 0 saturated carbocycles. The van der Waals surface area contributed by atoms with Gasteiger partial charge in [0.2, 0.25) is 5.91 Å². The average Bonchev–Trinajstić information content (AvgIpc) is 2.95. The number of hydrogen-bond donors (Lipinski definition) is 0. The summed E-state index contributed by atoms with van der Waals surface area (Å²) < 4.78 is 1.73. The third-order valence-electron chi connectivity index (χ3n) is 3.70. The van der Waals surface area contributed by atoms with Gasteiger partial charge in [-0.2, -0.15) is 4.52 Å². The summed E-state index contributed by atoms with van der Waals surface area (Å²) in [6.07, 6.45) is 0. The molecule has 0 spiro atoms. The Kier molecular flexibility index (Phi) is 4.47. The quantitative estimate of drug-likeness (QED) is 0.532. The molecule has 0 unspecified atom stereocenters. The lowest BCUT2D eigenvalue weighted by Crippen LogP contribution is -2.31. The first-order chi connectivity index (χ1) is 11.1. The lowest BCUT2D eigenvalue weighted by atomic mass is 10.2. The number of carbonyl (C=O) groups is 1. The van der Waals surface area contributed by atoms with E-state index in [9.17, 15) is 4.79 Å². The maximum atomic E-state index is 12.2. The summed E-state index contributed by atoms with van der Waals surface area (Å²) in [4.78, 5) is 23.2. The van der Waals surface area contributed by atoms with Gasteiger partial charge in [0.25, 0.3) is 0 Å². The molecular formula is C16H19N5OS. The Bertz CT molecular complexity index is 856. The minimum atomic E-state index is 0.111. The Morgan fingerprint density at radius 2 is 1.96 bits per heavy atom. The maximum absolute atomic E-state index is 12.2. The lowest BCUT2D eigenvalue weighted by molar-refractivity contribution is -0.127. The maximum Gasteiger partial charge on any atom is 0.233 e. The van der Waals surface area contributed by atoms with Gasteiger partial charge in [-0.15, -0.1) is 5.10 Å². The molecule has 2 aromatic heterocycles. The molecule has 0 fully saturated rings. The molecule has 0 aliphatic rings. The molecule has 120 valence electrons. The van der Waals surface area contributed by atoms with Crippen molar-refractivity contribution < 1.29 is 4.79 Å². The van der Waals surface area contributed by atoms with Crippen LogP contribution in [0.1, 0.15) is 19.7 Å². The van der Waals surface area contributed by atoms with Gasteiger partial charge in [0.15, 0.2) is 10.8 Å². The summed E-state index contributed by atoms with van der Waals surface area (Å²) in [5, 5.41) is 6.08. The third-order valence-corrected chi connectivity index (χ3v) is 4.61. The van der Waals surface area contributed by atoms with Crippen LogP contribution in [0.15, 0.2) is 29.4 Å². The average molecular weight is 329 g/mol. The lowest BCUT2D eigenvalue weighted by Gasteiger charge is -2.18. The van der Waals surface area contributed by atoms with Crippen molar-refractivity contribution in [3.8, 4) is 0 Å². The molecule has 23 heavy (non-hydrogen) atoms. The normalized spacial score (nSPS) is 11.3. The van der Waals surface area contributed by atoms with E-state index in [4.69, 9.17) is 0 Å². The molecule has 3 rings (SSSR count). The Morgan fingerprint density at radius 1 is 1.22 bits per heavy atom. The van der Waals surface area contributed by atoms with Crippen molar-refractivity contribution in [2.24, 2.45) is 0 Å². The fourth-order valence-corrected chi connectivity index (χ4v) is 3.37. The largest absolute Gasteiger partial charge is 0.343 e. The second-order valence-corrected chi connectivity index (χ2v) is 6.10. The minimum Gasteiger partial charge on any atom is -0.343 e. The first-order valence-corrected chi connectivity index (χ1v) is 8.65. The van der Waals surface area contributed by atoms with Crippen LogP contribution in [0.4, 0.5) is 0 Å². The van der Waals surface area contributed by atoms with Gasteiger partial charge < -0.3 is 4.90 Å². The van der Waals surface area contributed by atoms with E-state index < -0.39 is 0 Å². The summed E-state index contributed by atoms with van der Waals surface area (Å²) in [6.45, 7) is 7.27. The Balaban J connectivity index is 1.97. The molecule has 1 amide bonds. The van der Waals surface area contributed by atoms with Crippen LogP contribution in [0.25, 0.3) is 16.6 Å². The number of aryl methyl sites for hydroxylation is 1. The third kappa shape index (κ3) is 3.01. The number of thioether (sulfide) groups is 1. The van der Waals surface area contributed by atoms with Gasteiger partial charge in [0.1, 0.15) is 5.82 Å². The SMILES string of the molecule is CCN(CC)C(=O)CSc1nc2ccccc2c2nc(C)nn12. The van der Waals surface area contributed by atoms with Gasteiger partial charge >= 0.3 is 0 Å². The molecule has 0 atom stereocenters. The van der Waals surface area contributed by atoms with Crippen LogP contribution >= 0.6 is 11.8 Å². The van der Waals surface area contributed by atoms with Gasteiger partial charge in [0, 0.05) is 18.5 Å². The summed E-state index contributed by atoms with van der Waals surface area (Å²) in [5.74, 6) is 1.15. The van der Waals surface area contributed by atoms with Gasteiger partial charge in [0.05, 0.1) is 11.3 Å². The molecule has 0 N–H and O–H groups in total. The number of carbonyl (C=O) groups excluding carboxylic acids is 1. The molecule has 0 saturated heterocycles. The van der Waals surface area contributed by atoms with Crippen LogP contribution in [0, 0.1) is 6.92 Å². The standard InChI is InChI=1S/C16H19N5OS/c1-4-20(5-2)14(22)10-23-16-18-13-9-7-6-8-12(13)15-17-11(3)19-21(15)16/h6-9H,4-5,10H2,1-3H3. The van der Waals surface area contributed by atoms with Gasteiger partial charge in [-0.05, 0) is 32.9 Å². The van der Waals surface area contributed by atoms with E-state index >= 15 is 0 Å². The van der Waals surface area contributed by atoms with Gasteiger partial charge in [-0.1, -0.05) is 23.9 Å². The number of benzene rings is 1. The Labute approximate surface area is 138 Å². The zero-order chi connectivity index (χ0) is 16.4. The summed E-state index contributed by atoms with van der Waals surface area (Å²) in [5.41, 5.74) is 1.65. The highest BCUT2D eigenvalue weighted by Crippen LogP contribution is 2.23. The zero-order valence-electron chi connectivity index (χ0n) is 13.5. The van der Waals surface area contributed by atoms with E-state index in [2.05, 4.69) is 15.1 Å². The second kappa shape index (κ2) is 6.54. The van der Waals surface area contributed by atoms with Crippen molar-refractivity contribution in [2.45, 2.75) is 25.9 Å². The van der Waals surface area contributed by atoms with Crippen molar-refractivity contribution in [1.82, 2.24) is 24.5 Å². The number of hydrogen-bond acceptors (Lipinski definition) is 5. The molecule has 7 heteroatoms. The molecule has 0 radical (unpaired) electrons. The van der Waals surface area contributed by atoms with Gasteiger partial charge in [-0.25, -0.2) is 9.97 Å². The summed E-state index contributed by atoms with van der Waals surface area (Å²) in [7, 11) is 0. The Morgan fingerprint density at radius 3 is 2.70 bits per heavy atom. The number of rotatable bonds is 5. The predicted molar refractivity (Wildman–Crippen MR) is 91.7 cm³/mol. The minimum absolute atomic E-state index is 0.111. The summed E-state index contributed by atoms with van der Waals surface area (Å²) >= 11 is 1.40. The van der Waals surface area contributed by atoms with Crippen molar-refractivity contribution in [2.75, 3.05) is 18.8 Å². The van der Waals surface area contributed by atoms with Gasteiger partial charge in [-0.3, -0.25) is 4.79 Å². The molecular weight excluding hydrogens is 310 g/mol. The zero-order valence-corrected chi connectivity index (χ0v) is 14.3. The molecule has 2 heterocycles. The molecule has 6 nitrogen and oxygen atoms in total. The molecule has 1 aromatic carbocycles. The van der Waals surface area contributed by atoms with Crippen LogP contribution in [-0.4, -0.2) is 49.2 Å². The van der Waals surface area contributed by atoms with Crippen molar-refractivity contribution in [3.63, 3.8) is 0 Å². The number of para-hydroxylation sites is 1. The van der Waals surface area contributed by atoms with E-state index in [0.29, 0.717) is 16.7 Å². The van der Waals surface area contributed by atoms with E-state index in [1.165, 1.54) is 11.8 Å². The first kappa shape index (κ1) is 15.7. The second-order valence-electron chi connectivity index (χ2n) is 5.16. The highest BCUT2D eigenvalue weighted by molar-refractivity contribution is 7.99. The topological polar surface area (TPSA) is 63.4 Å². The molecule has 0 aliphatic heterocycles. The van der Waals surface area contributed by atoms with E-state index in [1.54, 1.807) is 4.52 Å². The number of fused-ring (bicyclic) bond motifs is 3. The Hall–Kier alpha value is -2.15. The monoisotopic (exact) mass is 329 g/mol. The van der Waals surface area contributed by atoms with Crippen LogP contribution < -0.4 is 0 Å². The predicted octanol–water partition coefficient (Wildman–Crippen LogP) is 2.55. The molecule has 0 aliphatic carbocycles. The van der Waals surface area contributed by atoms with Crippen molar-refractivity contribution in [1.29, 1.82) is 0 Å². The fraction of sp³-hybridized carbons (Fsp3) is 0.375. The van der Waals surface area contributed by atoms with Crippen LogP contribution in [0.5, 0.6) is 0 Å². The van der Waals surface area contributed by atoms with E-state index in [0.717, 1.165) is 29.6 Å². The highest BCUT2D eigenvalue weighted by Gasteiger charge is 2.15. The smallest absolute Gasteiger partial charge is 0.233 e. The van der Waals surface area contributed by atoms with Crippen LogP contribution in [-0.2, 0) is 4.79 Å². The fourth-order valence-electron chi connectivity index (χ4n) is 2.52. The van der Waals surface area contributed by atoms with Crippen molar-refractivity contribution in [3.05, 3.63) is 30.1 Å². The number of amides is 1. The van der Waals surface area contributed by atoms with Crippen LogP contribution in [0.3, 0.4) is 0 Å². The van der Waals surface area contributed by atoms with E-state index in [-0.39, 0.29) is 5.91 Å². The molecule has 0 bridgehead atoms.